The van der Waals surface area contributed by atoms with Crippen LogP contribution in [0, 0.1) is 18.8 Å². The first kappa shape index (κ1) is 24.5. The lowest BCUT2D eigenvalue weighted by Gasteiger charge is -2.28. The predicted molar refractivity (Wildman–Crippen MR) is 130 cm³/mol. The van der Waals surface area contributed by atoms with Crippen molar-refractivity contribution in [3.8, 4) is 0 Å². The molecule has 3 amide bonds. The topological polar surface area (TPSA) is 92.8 Å². The lowest BCUT2D eigenvalue weighted by Crippen LogP contribution is -2.34. The van der Waals surface area contributed by atoms with Crippen LogP contribution in [-0.2, 0) is 19.1 Å². The second kappa shape index (κ2) is 9.94. The zero-order chi connectivity index (χ0) is 24.6. The molecule has 0 bridgehead atoms. The first-order chi connectivity index (χ1) is 16.2. The van der Waals surface area contributed by atoms with Gasteiger partial charge in [0.2, 0.25) is 11.8 Å². The van der Waals surface area contributed by atoms with Crippen LogP contribution < -0.4 is 10.2 Å². The van der Waals surface area contributed by atoms with Gasteiger partial charge in [-0.15, -0.1) is 23.2 Å². The molecule has 10 heteroatoms. The molecule has 1 saturated heterocycles. The summed E-state index contributed by atoms with van der Waals surface area (Å²) in [6.07, 6.45) is 0.648. The molecule has 1 aliphatic carbocycles. The zero-order valence-electron chi connectivity index (χ0n) is 18.1. The van der Waals surface area contributed by atoms with E-state index in [1.54, 1.807) is 37.3 Å². The summed E-state index contributed by atoms with van der Waals surface area (Å²) in [6.45, 7) is 1.29. The SMILES string of the molecule is Cc1ccc(Cl)cc1NC(=O)COC(=O)c1cccc(N2C(=O)[C@@H]3C[C@H](Cl)[C@@H](Cl)C[C@H]3C2=O)c1. The van der Waals surface area contributed by atoms with Crippen molar-refractivity contribution < 1.29 is 23.9 Å². The van der Waals surface area contributed by atoms with Gasteiger partial charge in [0.15, 0.2) is 6.61 Å². The normalized spacial score (nSPS) is 24.1. The summed E-state index contributed by atoms with van der Waals surface area (Å²) in [4.78, 5) is 51.7. The fourth-order valence-electron chi connectivity index (χ4n) is 4.25. The molecule has 1 heterocycles. The van der Waals surface area contributed by atoms with E-state index in [0.717, 1.165) is 10.5 Å². The highest BCUT2D eigenvalue weighted by molar-refractivity contribution is 6.31. The number of halogens is 3. The van der Waals surface area contributed by atoms with Gasteiger partial charge >= 0.3 is 5.97 Å². The van der Waals surface area contributed by atoms with Gasteiger partial charge in [0, 0.05) is 10.7 Å². The van der Waals surface area contributed by atoms with Crippen molar-refractivity contribution in [2.75, 3.05) is 16.8 Å². The van der Waals surface area contributed by atoms with E-state index in [1.807, 2.05) is 0 Å². The van der Waals surface area contributed by atoms with Crippen molar-refractivity contribution in [3.05, 3.63) is 58.6 Å². The quantitative estimate of drug-likeness (QED) is 0.352. The molecular weight excluding hydrogens is 503 g/mol. The molecule has 1 saturated carbocycles. The van der Waals surface area contributed by atoms with E-state index < -0.39 is 30.3 Å². The van der Waals surface area contributed by atoms with E-state index >= 15 is 0 Å². The Kier molecular flexibility index (Phi) is 7.17. The Balaban J connectivity index is 1.42. The molecule has 0 spiro atoms. The maximum absolute atomic E-state index is 12.9. The number of carbonyl (C=O) groups is 4. The van der Waals surface area contributed by atoms with Crippen molar-refractivity contribution >= 4 is 69.9 Å². The number of amides is 3. The molecule has 2 aliphatic rings. The Bertz CT molecular complexity index is 1140. The van der Waals surface area contributed by atoms with Crippen molar-refractivity contribution in [2.24, 2.45) is 11.8 Å². The van der Waals surface area contributed by atoms with Crippen LogP contribution in [0.1, 0.15) is 28.8 Å². The van der Waals surface area contributed by atoms with E-state index in [1.165, 1.54) is 12.1 Å². The minimum atomic E-state index is -0.766. The van der Waals surface area contributed by atoms with E-state index in [2.05, 4.69) is 5.32 Å². The van der Waals surface area contributed by atoms with Crippen molar-refractivity contribution in [3.63, 3.8) is 0 Å². The first-order valence-electron chi connectivity index (χ1n) is 10.6. The van der Waals surface area contributed by atoms with E-state index in [9.17, 15) is 19.2 Å². The Morgan fingerprint density at radius 3 is 2.32 bits per heavy atom. The van der Waals surface area contributed by atoms with Crippen LogP contribution >= 0.6 is 34.8 Å². The third-order valence-electron chi connectivity index (χ3n) is 6.06. The molecule has 4 atom stereocenters. The number of fused-ring (bicyclic) bond motifs is 1. The van der Waals surface area contributed by atoms with Gasteiger partial charge in [-0.2, -0.15) is 0 Å². The average Bonchev–Trinajstić information content (AvgIpc) is 3.04. The summed E-state index contributed by atoms with van der Waals surface area (Å²) in [5.74, 6) is -3.07. The van der Waals surface area contributed by atoms with E-state index in [-0.39, 0.29) is 33.8 Å². The molecule has 4 rings (SSSR count). The van der Waals surface area contributed by atoms with Crippen LogP contribution in [-0.4, -0.2) is 41.1 Å². The van der Waals surface area contributed by atoms with E-state index in [4.69, 9.17) is 39.5 Å². The van der Waals surface area contributed by atoms with Crippen LogP contribution in [0.15, 0.2) is 42.5 Å². The van der Waals surface area contributed by atoms with Crippen LogP contribution in [0.2, 0.25) is 5.02 Å². The molecule has 2 fully saturated rings. The molecule has 0 radical (unpaired) electrons. The molecule has 34 heavy (non-hydrogen) atoms. The molecule has 1 aliphatic heterocycles. The molecule has 0 aromatic heterocycles. The molecule has 7 nitrogen and oxygen atoms in total. The number of ether oxygens (including phenoxy) is 1. The van der Waals surface area contributed by atoms with Gasteiger partial charge in [-0.1, -0.05) is 23.7 Å². The van der Waals surface area contributed by atoms with Crippen molar-refractivity contribution in [1.82, 2.24) is 0 Å². The summed E-state index contributed by atoms with van der Waals surface area (Å²) >= 11 is 18.4. The Labute approximate surface area is 211 Å². The molecule has 0 unspecified atom stereocenters. The second-order valence-corrected chi connectivity index (χ2v) is 9.92. The Morgan fingerprint density at radius 2 is 1.68 bits per heavy atom. The van der Waals surface area contributed by atoms with Gasteiger partial charge in [-0.05, 0) is 55.7 Å². The van der Waals surface area contributed by atoms with Crippen molar-refractivity contribution in [1.29, 1.82) is 0 Å². The maximum Gasteiger partial charge on any atom is 0.338 e. The molecule has 1 N–H and O–H groups in total. The number of hydrogen-bond acceptors (Lipinski definition) is 5. The average molecular weight is 524 g/mol. The van der Waals surface area contributed by atoms with E-state index in [0.29, 0.717) is 23.6 Å². The van der Waals surface area contributed by atoms with Gasteiger partial charge in [-0.3, -0.25) is 19.3 Å². The van der Waals surface area contributed by atoms with Crippen molar-refractivity contribution in [2.45, 2.75) is 30.5 Å². The van der Waals surface area contributed by atoms with Gasteiger partial charge < -0.3 is 10.1 Å². The molecule has 2 aromatic rings. The highest BCUT2D eigenvalue weighted by Gasteiger charge is 2.52. The lowest BCUT2D eigenvalue weighted by molar-refractivity contribution is -0.122. The number of carbonyl (C=O) groups excluding carboxylic acids is 4. The molecular formula is C24H21Cl3N2O5. The zero-order valence-corrected chi connectivity index (χ0v) is 20.4. The summed E-state index contributed by atoms with van der Waals surface area (Å²) < 4.78 is 5.12. The number of anilines is 2. The minimum absolute atomic E-state index is 0.102. The minimum Gasteiger partial charge on any atom is -0.452 e. The number of imide groups is 1. The van der Waals surface area contributed by atoms with Crippen LogP contribution in [0.3, 0.4) is 0 Å². The Morgan fingerprint density at radius 1 is 1.03 bits per heavy atom. The number of nitrogens with zero attached hydrogens (tertiary/aromatic N) is 1. The fraction of sp³-hybridized carbons (Fsp3) is 0.333. The number of nitrogens with one attached hydrogen (secondary N) is 1. The predicted octanol–water partition coefficient (Wildman–Crippen LogP) is 4.56. The summed E-state index contributed by atoms with van der Waals surface area (Å²) in [5, 5.41) is 2.33. The summed E-state index contributed by atoms with van der Waals surface area (Å²) in [7, 11) is 0. The maximum atomic E-state index is 12.9. The Hall–Kier alpha value is -2.61. The van der Waals surface area contributed by atoms with Crippen LogP contribution in [0.5, 0.6) is 0 Å². The molecule has 2 aromatic carbocycles. The van der Waals surface area contributed by atoms with Gasteiger partial charge in [0.05, 0.1) is 33.8 Å². The van der Waals surface area contributed by atoms with Crippen LogP contribution in [0.4, 0.5) is 11.4 Å². The number of rotatable bonds is 5. The number of alkyl halides is 2. The largest absolute Gasteiger partial charge is 0.452 e. The highest BCUT2D eigenvalue weighted by atomic mass is 35.5. The number of aryl methyl sites for hydroxylation is 1. The van der Waals surface area contributed by atoms with Gasteiger partial charge in [0.1, 0.15) is 0 Å². The first-order valence-corrected chi connectivity index (χ1v) is 11.9. The number of benzene rings is 2. The monoisotopic (exact) mass is 522 g/mol. The fourth-order valence-corrected chi connectivity index (χ4v) is 5.01. The second-order valence-electron chi connectivity index (χ2n) is 8.36. The third kappa shape index (κ3) is 4.92. The number of esters is 1. The van der Waals surface area contributed by atoms with Crippen LogP contribution in [0.25, 0.3) is 0 Å². The summed E-state index contributed by atoms with van der Waals surface area (Å²) in [6, 6.07) is 11.0. The standard InChI is InChI=1S/C24H21Cl3N2O5/c1-12-5-6-14(25)8-20(12)28-21(30)11-34-24(33)13-3-2-4-15(7-13)29-22(31)16-9-18(26)19(27)10-17(16)23(29)32/h2-8,16-19H,9-11H2,1H3,(H,28,30)/t16-,17-,18+,19+/m1/s1. The van der Waals surface area contributed by atoms with Gasteiger partial charge in [0.25, 0.3) is 5.91 Å². The summed E-state index contributed by atoms with van der Waals surface area (Å²) in [5.41, 5.74) is 1.68. The number of hydrogen-bond donors (Lipinski definition) is 1. The van der Waals surface area contributed by atoms with Gasteiger partial charge in [-0.25, -0.2) is 4.79 Å². The molecule has 178 valence electrons. The highest BCUT2D eigenvalue weighted by Crippen LogP contribution is 2.43. The lowest BCUT2D eigenvalue weighted by atomic mass is 9.80. The smallest absolute Gasteiger partial charge is 0.338 e. The third-order valence-corrected chi connectivity index (χ3v) is 7.39.